The Balaban J connectivity index is 1.70. The maximum atomic E-state index is 13.1. The van der Waals surface area contributed by atoms with E-state index >= 15 is 0 Å². The van der Waals surface area contributed by atoms with Crippen molar-refractivity contribution in [1.82, 2.24) is 0 Å². The third-order valence-corrected chi connectivity index (χ3v) is 8.07. The Kier molecular flexibility index (Phi) is 3.81. The SMILES string of the molecule is CC1(C)CC(C)(C)c2cc(C3C(=O)Oc4cc5c(cc43)C(C)(C)CC5(C)C)c(O)cc21. The standard InChI is InChI=1S/C28H34O3/c1-25(2)13-27(5,6)19-11-21(29)15(9-17(19)25)23-16-10-18-20(12-22(16)31-24(23)30)28(7,8)14-26(18,3)4/h9-12,23,29H,13-14H2,1-8H3. The predicted octanol–water partition coefficient (Wildman–Crippen LogP) is 6.36. The molecule has 0 amide bonds. The molecule has 5 rings (SSSR count). The number of hydrogen-bond acceptors (Lipinski definition) is 3. The molecule has 2 aliphatic carbocycles. The fraction of sp³-hybridized carbons (Fsp3) is 0.536. The first-order valence-electron chi connectivity index (χ1n) is 11.4. The molecule has 1 heterocycles. The molecule has 0 aromatic heterocycles. The summed E-state index contributed by atoms with van der Waals surface area (Å²) in [5, 5.41) is 11.1. The van der Waals surface area contributed by atoms with E-state index < -0.39 is 5.92 Å². The third-order valence-electron chi connectivity index (χ3n) is 8.07. The van der Waals surface area contributed by atoms with Crippen LogP contribution in [0.5, 0.6) is 11.5 Å². The van der Waals surface area contributed by atoms with Crippen LogP contribution >= 0.6 is 0 Å². The van der Waals surface area contributed by atoms with Crippen molar-refractivity contribution in [2.45, 2.75) is 95.8 Å². The molecule has 2 aromatic carbocycles. The maximum Gasteiger partial charge on any atom is 0.323 e. The van der Waals surface area contributed by atoms with Crippen LogP contribution in [-0.4, -0.2) is 11.1 Å². The molecule has 0 fully saturated rings. The molecule has 2 aromatic rings. The quantitative estimate of drug-likeness (QED) is 0.433. The second kappa shape index (κ2) is 5.74. The van der Waals surface area contributed by atoms with Gasteiger partial charge in [-0.2, -0.15) is 0 Å². The number of ether oxygens (including phenoxy) is 1. The van der Waals surface area contributed by atoms with Gasteiger partial charge in [0, 0.05) is 11.1 Å². The van der Waals surface area contributed by atoms with Gasteiger partial charge in [-0.15, -0.1) is 0 Å². The van der Waals surface area contributed by atoms with Gasteiger partial charge >= 0.3 is 5.97 Å². The molecule has 164 valence electrons. The minimum atomic E-state index is -0.579. The van der Waals surface area contributed by atoms with Crippen molar-refractivity contribution < 1.29 is 14.6 Å². The molecule has 1 unspecified atom stereocenters. The molecule has 0 spiro atoms. The minimum absolute atomic E-state index is 0.000630. The number of benzene rings is 2. The van der Waals surface area contributed by atoms with Gasteiger partial charge in [-0.05, 0) is 68.9 Å². The molecule has 0 radical (unpaired) electrons. The van der Waals surface area contributed by atoms with Gasteiger partial charge in [-0.1, -0.05) is 67.5 Å². The van der Waals surface area contributed by atoms with Crippen LogP contribution in [0.15, 0.2) is 24.3 Å². The van der Waals surface area contributed by atoms with Crippen molar-refractivity contribution in [3.05, 3.63) is 57.6 Å². The monoisotopic (exact) mass is 418 g/mol. The van der Waals surface area contributed by atoms with E-state index in [2.05, 4.69) is 73.6 Å². The summed E-state index contributed by atoms with van der Waals surface area (Å²) in [4.78, 5) is 13.1. The van der Waals surface area contributed by atoms with Crippen molar-refractivity contribution >= 4 is 5.97 Å². The Morgan fingerprint density at radius 3 is 1.65 bits per heavy atom. The Morgan fingerprint density at radius 2 is 1.13 bits per heavy atom. The second-order valence-electron chi connectivity index (χ2n) is 12.6. The van der Waals surface area contributed by atoms with Gasteiger partial charge in [0.1, 0.15) is 17.4 Å². The lowest BCUT2D eigenvalue weighted by atomic mass is 9.81. The van der Waals surface area contributed by atoms with E-state index in [0.29, 0.717) is 11.3 Å². The first-order valence-corrected chi connectivity index (χ1v) is 11.4. The number of fused-ring (bicyclic) bond motifs is 3. The molecule has 1 aliphatic heterocycles. The summed E-state index contributed by atoms with van der Waals surface area (Å²) in [6, 6.07) is 8.22. The van der Waals surface area contributed by atoms with Gasteiger partial charge in [-0.3, -0.25) is 4.79 Å². The number of carbonyl (C=O) groups is 1. The van der Waals surface area contributed by atoms with E-state index in [0.717, 1.165) is 18.4 Å². The Labute approximate surface area is 185 Å². The zero-order valence-corrected chi connectivity index (χ0v) is 20.1. The normalized spacial score (nSPS) is 25.7. The van der Waals surface area contributed by atoms with Gasteiger partial charge in [0.25, 0.3) is 0 Å². The van der Waals surface area contributed by atoms with Crippen LogP contribution in [0.2, 0.25) is 0 Å². The molecule has 0 bridgehead atoms. The molecule has 31 heavy (non-hydrogen) atoms. The summed E-state index contributed by atoms with van der Waals surface area (Å²) in [7, 11) is 0. The molecule has 1 atom stereocenters. The molecule has 0 saturated heterocycles. The van der Waals surface area contributed by atoms with Crippen LogP contribution in [-0.2, 0) is 26.5 Å². The van der Waals surface area contributed by atoms with Crippen molar-refractivity contribution in [2.24, 2.45) is 0 Å². The Hall–Kier alpha value is -2.29. The first-order chi connectivity index (χ1) is 14.1. The number of hydrogen-bond donors (Lipinski definition) is 1. The molecular formula is C28H34O3. The fourth-order valence-corrected chi connectivity index (χ4v) is 7.17. The minimum Gasteiger partial charge on any atom is -0.508 e. The van der Waals surface area contributed by atoms with E-state index in [1.807, 2.05) is 6.07 Å². The Bertz CT molecular complexity index is 1150. The molecular weight excluding hydrogens is 384 g/mol. The van der Waals surface area contributed by atoms with Crippen LogP contribution < -0.4 is 4.74 Å². The van der Waals surface area contributed by atoms with Gasteiger partial charge in [0.05, 0.1) is 0 Å². The average Bonchev–Trinajstić information content (AvgIpc) is 3.08. The highest BCUT2D eigenvalue weighted by Crippen LogP contribution is 2.56. The summed E-state index contributed by atoms with van der Waals surface area (Å²) in [5.74, 6) is -0.0253. The average molecular weight is 419 g/mol. The lowest BCUT2D eigenvalue weighted by Gasteiger charge is -2.23. The molecule has 0 saturated carbocycles. The van der Waals surface area contributed by atoms with Crippen LogP contribution in [0, 0.1) is 0 Å². The van der Waals surface area contributed by atoms with E-state index in [1.165, 1.54) is 22.3 Å². The lowest BCUT2D eigenvalue weighted by Crippen LogP contribution is -2.18. The number of phenols is 1. The lowest BCUT2D eigenvalue weighted by molar-refractivity contribution is -0.133. The summed E-state index contributed by atoms with van der Waals surface area (Å²) < 4.78 is 5.78. The van der Waals surface area contributed by atoms with Crippen molar-refractivity contribution in [3.8, 4) is 11.5 Å². The van der Waals surface area contributed by atoms with Crippen molar-refractivity contribution in [2.75, 3.05) is 0 Å². The van der Waals surface area contributed by atoms with Crippen LogP contribution in [0.3, 0.4) is 0 Å². The molecule has 3 aliphatic rings. The van der Waals surface area contributed by atoms with Gasteiger partial charge < -0.3 is 9.84 Å². The highest BCUT2D eigenvalue weighted by Gasteiger charge is 2.47. The molecule has 3 heteroatoms. The number of carbonyl (C=O) groups excluding carboxylic acids is 1. The van der Waals surface area contributed by atoms with Crippen molar-refractivity contribution in [1.29, 1.82) is 0 Å². The summed E-state index contributed by atoms with van der Waals surface area (Å²) in [6.07, 6.45) is 2.07. The van der Waals surface area contributed by atoms with Crippen molar-refractivity contribution in [3.63, 3.8) is 0 Å². The maximum absolute atomic E-state index is 13.1. The number of aromatic hydroxyl groups is 1. The van der Waals surface area contributed by atoms with Gasteiger partial charge in [0.15, 0.2) is 0 Å². The predicted molar refractivity (Wildman–Crippen MR) is 123 cm³/mol. The highest BCUT2D eigenvalue weighted by atomic mass is 16.5. The zero-order chi connectivity index (χ0) is 22.7. The Morgan fingerprint density at radius 1 is 0.710 bits per heavy atom. The third kappa shape index (κ3) is 2.74. The summed E-state index contributed by atoms with van der Waals surface area (Å²) in [6.45, 7) is 18.0. The topological polar surface area (TPSA) is 46.5 Å². The fourth-order valence-electron chi connectivity index (χ4n) is 7.17. The zero-order valence-electron chi connectivity index (χ0n) is 20.1. The van der Waals surface area contributed by atoms with Crippen LogP contribution in [0.4, 0.5) is 0 Å². The largest absolute Gasteiger partial charge is 0.508 e. The molecule has 1 N–H and O–H groups in total. The van der Waals surface area contributed by atoms with E-state index in [4.69, 9.17) is 4.74 Å². The van der Waals surface area contributed by atoms with E-state index in [1.54, 1.807) is 0 Å². The van der Waals surface area contributed by atoms with Gasteiger partial charge in [-0.25, -0.2) is 0 Å². The van der Waals surface area contributed by atoms with Crippen LogP contribution in [0.1, 0.15) is 108 Å². The van der Waals surface area contributed by atoms with E-state index in [9.17, 15) is 9.90 Å². The molecule has 3 nitrogen and oxygen atoms in total. The number of phenolic OH excluding ortho intramolecular Hbond substituents is 1. The van der Waals surface area contributed by atoms with Crippen LogP contribution in [0.25, 0.3) is 0 Å². The summed E-state index contributed by atoms with van der Waals surface area (Å²) >= 11 is 0. The highest BCUT2D eigenvalue weighted by molar-refractivity contribution is 5.91. The number of rotatable bonds is 1. The number of esters is 1. The smallest absolute Gasteiger partial charge is 0.323 e. The summed E-state index contributed by atoms with van der Waals surface area (Å²) in [5.41, 5.74) is 6.61. The van der Waals surface area contributed by atoms with Gasteiger partial charge in [0.2, 0.25) is 0 Å². The van der Waals surface area contributed by atoms with E-state index in [-0.39, 0.29) is 33.4 Å². The first kappa shape index (κ1) is 20.6. The second-order valence-corrected chi connectivity index (χ2v) is 12.6.